The van der Waals surface area contributed by atoms with E-state index in [-0.39, 0.29) is 28.6 Å². The molecule has 0 atom stereocenters. The van der Waals surface area contributed by atoms with Crippen molar-refractivity contribution in [2.24, 2.45) is 5.10 Å². The van der Waals surface area contributed by atoms with Gasteiger partial charge in [-0.05, 0) is 30.3 Å². The Kier molecular flexibility index (Phi) is 5.90. The summed E-state index contributed by atoms with van der Waals surface area (Å²) in [6.07, 6.45) is 2.53. The fraction of sp³-hybridized carbons (Fsp3) is 0. The van der Waals surface area contributed by atoms with Crippen LogP contribution in [0.2, 0.25) is 0 Å². The molecule has 176 valence electrons. The Hall–Kier alpha value is -5.38. The van der Waals surface area contributed by atoms with Crippen molar-refractivity contribution in [2.75, 3.05) is 0 Å². The van der Waals surface area contributed by atoms with Crippen molar-refractivity contribution in [2.45, 2.75) is 0 Å². The van der Waals surface area contributed by atoms with Gasteiger partial charge in [0.25, 0.3) is 11.2 Å². The highest BCUT2D eigenvalue weighted by Crippen LogP contribution is 2.25. The number of fused-ring (bicyclic) bond motifs is 1. The number of nitro benzene ring substituents is 1. The minimum absolute atomic E-state index is 0.00573. The summed E-state index contributed by atoms with van der Waals surface area (Å²) >= 11 is 0. The van der Waals surface area contributed by atoms with E-state index >= 15 is 0 Å². The summed E-state index contributed by atoms with van der Waals surface area (Å²) in [5, 5.41) is 16.0. The highest BCUT2D eigenvalue weighted by molar-refractivity contribution is 5.91. The number of hydrogen-bond donors (Lipinski definition) is 0. The minimum atomic E-state index is -0.794. The van der Waals surface area contributed by atoms with Crippen LogP contribution in [-0.2, 0) is 0 Å². The third-order valence-electron chi connectivity index (χ3n) is 5.23. The molecule has 0 aliphatic rings. The van der Waals surface area contributed by atoms with Crippen LogP contribution in [0.25, 0.3) is 22.3 Å². The van der Waals surface area contributed by atoms with Crippen LogP contribution in [0.3, 0.4) is 0 Å². The van der Waals surface area contributed by atoms with Gasteiger partial charge >= 0.3 is 5.97 Å². The Bertz CT molecular complexity index is 1670. The second kappa shape index (κ2) is 9.47. The third-order valence-corrected chi connectivity index (χ3v) is 5.23. The lowest BCUT2D eigenvalue weighted by Crippen LogP contribution is -2.20. The van der Waals surface area contributed by atoms with E-state index < -0.39 is 16.5 Å². The highest BCUT2D eigenvalue weighted by Gasteiger charge is 2.17. The van der Waals surface area contributed by atoms with Crippen LogP contribution in [0.15, 0.2) is 106 Å². The van der Waals surface area contributed by atoms with Gasteiger partial charge in [0.05, 0.1) is 28.3 Å². The van der Waals surface area contributed by atoms with Crippen molar-refractivity contribution in [3.8, 4) is 17.1 Å². The number of furan rings is 1. The van der Waals surface area contributed by atoms with Crippen LogP contribution in [0.4, 0.5) is 5.69 Å². The van der Waals surface area contributed by atoms with E-state index in [1.807, 2.05) is 6.07 Å². The Morgan fingerprint density at radius 3 is 2.56 bits per heavy atom. The summed E-state index contributed by atoms with van der Waals surface area (Å²) in [6.45, 7) is 0. The molecule has 10 nitrogen and oxygen atoms in total. The molecule has 2 aromatic heterocycles. The summed E-state index contributed by atoms with van der Waals surface area (Å²) in [7, 11) is 0. The maximum Gasteiger partial charge on any atom is 0.379 e. The SMILES string of the molecule is O=C(Oc1ccc([N+](=O)[O-])cc1C=Nn1c(-c2ccccc2)nc2ccccc2c1=O)c1ccco1. The molecule has 0 saturated heterocycles. The summed E-state index contributed by atoms with van der Waals surface area (Å²) in [6, 6.07) is 22.5. The molecular formula is C26H16N4O6. The van der Waals surface area contributed by atoms with Gasteiger partial charge in [0, 0.05) is 23.3 Å². The van der Waals surface area contributed by atoms with Crippen molar-refractivity contribution in [1.29, 1.82) is 0 Å². The predicted molar refractivity (Wildman–Crippen MR) is 131 cm³/mol. The molecule has 36 heavy (non-hydrogen) atoms. The summed E-state index contributed by atoms with van der Waals surface area (Å²) in [5.41, 5.74) is 0.553. The fourth-order valence-corrected chi connectivity index (χ4v) is 3.51. The molecule has 0 aliphatic heterocycles. The number of carbonyl (C=O) groups is 1. The Morgan fingerprint density at radius 1 is 1.03 bits per heavy atom. The number of aromatic nitrogens is 2. The fourth-order valence-electron chi connectivity index (χ4n) is 3.51. The van der Waals surface area contributed by atoms with Crippen LogP contribution in [0.1, 0.15) is 16.1 Å². The lowest BCUT2D eigenvalue weighted by atomic mass is 10.2. The normalized spacial score (nSPS) is 11.1. The zero-order valence-corrected chi connectivity index (χ0v) is 18.5. The average Bonchev–Trinajstić information content (AvgIpc) is 3.44. The number of para-hydroxylation sites is 1. The zero-order valence-electron chi connectivity index (χ0n) is 18.5. The molecule has 5 aromatic rings. The van der Waals surface area contributed by atoms with Gasteiger partial charge in [-0.1, -0.05) is 42.5 Å². The number of esters is 1. The van der Waals surface area contributed by atoms with Crippen molar-refractivity contribution in [1.82, 2.24) is 9.66 Å². The summed E-state index contributed by atoms with van der Waals surface area (Å²) < 4.78 is 11.5. The minimum Gasteiger partial charge on any atom is -0.457 e. The van der Waals surface area contributed by atoms with Crippen molar-refractivity contribution >= 4 is 28.8 Å². The molecule has 0 fully saturated rings. The molecule has 2 heterocycles. The average molecular weight is 480 g/mol. The number of nitro groups is 1. The predicted octanol–water partition coefficient (Wildman–Crippen LogP) is 4.67. The first-order chi connectivity index (χ1) is 17.5. The number of non-ortho nitro benzene ring substituents is 1. The second-order valence-corrected chi connectivity index (χ2v) is 7.53. The van der Waals surface area contributed by atoms with Gasteiger partial charge in [0.15, 0.2) is 5.82 Å². The Balaban J connectivity index is 1.64. The highest BCUT2D eigenvalue weighted by atomic mass is 16.6. The summed E-state index contributed by atoms with van der Waals surface area (Å²) in [4.78, 5) is 41.1. The molecule has 0 N–H and O–H groups in total. The van der Waals surface area contributed by atoms with Gasteiger partial charge in [0.1, 0.15) is 5.75 Å². The van der Waals surface area contributed by atoms with Gasteiger partial charge in [-0.3, -0.25) is 14.9 Å². The van der Waals surface area contributed by atoms with E-state index in [1.54, 1.807) is 48.5 Å². The van der Waals surface area contributed by atoms with E-state index in [2.05, 4.69) is 10.1 Å². The lowest BCUT2D eigenvalue weighted by Gasteiger charge is -2.10. The van der Waals surface area contributed by atoms with E-state index in [0.29, 0.717) is 16.5 Å². The first-order valence-corrected chi connectivity index (χ1v) is 10.7. The summed E-state index contributed by atoms with van der Waals surface area (Å²) in [5.74, 6) is -0.570. The van der Waals surface area contributed by atoms with Crippen LogP contribution >= 0.6 is 0 Å². The number of hydrogen-bond acceptors (Lipinski definition) is 8. The third kappa shape index (κ3) is 4.38. The molecule has 0 saturated carbocycles. The van der Waals surface area contributed by atoms with Gasteiger partial charge in [-0.15, -0.1) is 0 Å². The zero-order chi connectivity index (χ0) is 25.1. The van der Waals surface area contributed by atoms with Gasteiger partial charge in [-0.25, -0.2) is 9.78 Å². The van der Waals surface area contributed by atoms with Gasteiger partial charge in [-0.2, -0.15) is 9.78 Å². The van der Waals surface area contributed by atoms with Crippen molar-refractivity contribution < 1.29 is 18.9 Å². The molecule has 5 rings (SSSR count). The van der Waals surface area contributed by atoms with Crippen LogP contribution in [0, 0.1) is 10.1 Å². The van der Waals surface area contributed by atoms with Crippen LogP contribution in [0.5, 0.6) is 5.75 Å². The monoisotopic (exact) mass is 480 g/mol. The number of nitrogens with zero attached hydrogens (tertiary/aromatic N) is 4. The van der Waals surface area contributed by atoms with Crippen LogP contribution < -0.4 is 10.3 Å². The maximum absolute atomic E-state index is 13.3. The lowest BCUT2D eigenvalue weighted by molar-refractivity contribution is -0.384. The number of rotatable bonds is 6. The molecule has 0 radical (unpaired) electrons. The first kappa shape index (κ1) is 22.4. The number of ether oxygens (including phenoxy) is 1. The first-order valence-electron chi connectivity index (χ1n) is 10.7. The second-order valence-electron chi connectivity index (χ2n) is 7.53. The quantitative estimate of drug-likeness (QED) is 0.114. The topological polar surface area (TPSA) is 130 Å². The smallest absolute Gasteiger partial charge is 0.379 e. The van der Waals surface area contributed by atoms with Crippen molar-refractivity contribution in [3.05, 3.63) is 123 Å². The van der Waals surface area contributed by atoms with E-state index in [1.165, 1.54) is 42.8 Å². The molecule has 0 amide bonds. The number of carbonyl (C=O) groups excluding carboxylic acids is 1. The van der Waals surface area contributed by atoms with Crippen molar-refractivity contribution in [3.63, 3.8) is 0 Å². The molecule has 0 unspecified atom stereocenters. The van der Waals surface area contributed by atoms with Gasteiger partial charge < -0.3 is 9.15 Å². The van der Waals surface area contributed by atoms with E-state index in [9.17, 15) is 19.7 Å². The molecular weight excluding hydrogens is 464 g/mol. The largest absolute Gasteiger partial charge is 0.457 e. The molecule has 0 bridgehead atoms. The standard InChI is InChI=1S/C26H16N4O6/c31-25-20-9-4-5-10-21(20)28-24(17-7-2-1-3-8-17)29(25)27-16-18-15-19(30(33)34)12-13-22(18)36-26(32)23-11-6-14-35-23/h1-16H. The van der Waals surface area contributed by atoms with E-state index in [4.69, 9.17) is 9.15 Å². The van der Waals surface area contributed by atoms with E-state index in [0.717, 1.165) is 4.68 Å². The van der Waals surface area contributed by atoms with Gasteiger partial charge in [0.2, 0.25) is 5.76 Å². The molecule has 0 aliphatic carbocycles. The molecule has 3 aromatic carbocycles. The maximum atomic E-state index is 13.3. The molecule has 0 spiro atoms. The Labute approximate surface area is 202 Å². The number of benzene rings is 3. The van der Waals surface area contributed by atoms with Crippen LogP contribution in [-0.4, -0.2) is 26.8 Å². The Morgan fingerprint density at radius 2 is 1.81 bits per heavy atom. The molecule has 10 heteroatoms.